The summed E-state index contributed by atoms with van der Waals surface area (Å²) in [6.07, 6.45) is 0. The molecule has 0 aliphatic heterocycles. The standard InChI is InChI=1S/C8H6F5N.HI/c1-2-14-8-6(12)4(10)3(9)5(11)7(8)13;/h14H,2H2,1H3;1H. The van der Waals surface area contributed by atoms with Crippen LogP contribution in [0.4, 0.5) is 27.6 Å². The van der Waals surface area contributed by atoms with Gasteiger partial charge in [0.1, 0.15) is 5.69 Å². The van der Waals surface area contributed by atoms with Crippen molar-refractivity contribution in [3.05, 3.63) is 29.1 Å². The molecule has 0 aliphatic rings. The monoisotopic (exact) mass is 339 g/mol. The van der Waals surface area contributed by atoms with E-state index in [9.17, 15) is 22.0 Å². The second-order valence-corrected chi connectivity index (χ2v) is 2.48. The third-order valence-corrected chi connectivity index (χ3v) is 1.56. The average Bonchev–Trinajstić information content (AvgIpc) is 2.19. The molecule has 0 atom stereocenters. The van der Waals surface area contributed by atoms with Gasteiger partial charge in [0.25, 0.3) is 0 Å². The van der Waals surface area contributed by atoms with Crippen molar-refractivity contribution in [2.75, 3.05) is 11.9 Å². The fraction of sp³-hybridized carbons (Fsp3) is 0.250. The normalized spacial score (nSPS) is 9.73. The summed E-state index contributed by atoms with van der Waals surface area (Å²) in [6.45, 7) is 1.52. The van der Waals surface area contributed by atoms with E-state index >= 15 is 0 Å². The van der Waals surface area contributed by atoms with E-state index < -0.39 is 34.8 Å². The van der Waals surface area contributed by atoms with Crippen LogP contribution in [0.25, 0.3) is 0 Å². The second-order valence-electron chi connectivity index (χ2n) is 2.48. The zero-order valence-corrected chi connectivity index (χ0v) is 9.84. The largest absolute Gasteiger partial charge is 0.380 e. The van der Waals surface area contributed by atoms with Gasteiger partial charge in [0.15, 0.2) is 23.3 Å². The summed E-state index contributed by atoms with van der Waals surface area (Å²) < 4.78 is 63.1. The smallest absolute Gasteiger partial charge is 0.200 e. The molecule has 1 N–H and O–H groups in total. The lowest BCUT2D eigenvalue weighted by Crippen LogP contribution is -2.09. The van der Waals surface area contributed by atoms with E-state index in [-0.39, 0.29) is 30.5 Å². The van der Waals surface area contributed by atoms with E-state index in [1.807, 2.05) is 0 Å². The van der Waals surface area contributed by atoms with Gasteiger partial charge in [0.05, 0.1) is 0 Å². The van der Waals surface area contributed by atoms with Crippen LogP contribution in [0.15, 0.2) is 0 Å². The van der Waals surface area contributed by atoms with Crippen LogP contribution in [0, 0.1) is 29.1 Å². The molecule has 1 rings (SSSR count). The van der Waals surface area contributed by atoms with E-state index in [2.05, 4.69) is 5.32 Å². The third-order valence-electron chi connectivity index (χ3n) is 1.56. The van der Waals surface area contributed by atoms with Gasteiger partial charge in [-0.05, 0) is 6.92 Å². The van der Waals surface area contributed by atoms with Crippen LogP contribution in [0.2, 0.25) is 0 Å². The Labute approximate surface area is 99.7 Å². The maximum Gasteiger partial charge on any atom is 0.200 e. The molecule has 0 amide bonds. The maximum absolute atomic E-state index is 12.8. The fourth-order valence-corrected chi connectivity index (χ4v) is 0.937. The van der Waals surface area contributed by atoms with Crippen molar-refractivity contribution >= 4 is 29.7 Å². The average molecular weight is 339 g/mol. The molecule has 7 heteroatoms. The first-order valence-electron chi connectivity index (χ1n) is 3.76. The minimum absolute atomic E-state index is 0. The minimum Gasteiger partial charge on any atom is -0.380 e. The Morgan fingerprint density at radius 1 is 0.800 bits per heavy atom. The van der Waals surface area contributed by atoms with Crippen molar-refractivity contribution in [3.63, 3.8) is 0 Å². The highest BCUT2D eigenvalue weighted by Gasteiger charge is 2.24. The fourth-order valence-electron chi connectivity index (χ4n) is 0.937. The summed E-state index contributed by atoms with van der Waals surface area (Å²) in [5.74, 6) is -9.73. The summed E-state index contributed by atoms with van der Waals surface area (Å²) in [5.41, 5.74) is -0.996. The Hall–Kier alpha value is -0.600. The highest BCUT2D eigenvalue weighted by atomic mass is 127. The zero-order valence-electron chi connectivity index (χ0n) is 7.51. The van der Waals surface area contributed by atoms with E-state index in [1.165, 1.54) is 6.92 Å². The van der Waals surface area contributed by atoms with Crippen molar-refractivity contribution in [3.8, 4) is 0 Å². The summed E-state index contributed by atoms with van der Waals surface area (Å²) in [6, 6.07) is 0. The first-order chi connectivity index (χ1) is 6.50. The molecule has 0 saturated heterocycles. The molecule has 0 unspecified atom stereocenters. The molecule has 0 saturated carbocycles. The van der Waals surface area contributed by atoms with Gasteiger partial charge in [-0.3, -0.25) is 0 Å². The van der Waals surface area contributed by atoms with Gasteiger partial charge in [-0.1, -0.05) is 0 Å². The molecule has 0 fully saturated rings. The lowest BCUT2D eigenvalue weighted by molar-refractivity contribution is 0.381. The molecule has 0 aromatic heterocycles. The summed E-state index contributed by atoms with van der Waals surface area (Å²) in [5, 5.41) is 2.06. The molecular weight excluding hydrogens is 332 g/mol. The van der Waals surface area contributed by atoms with Gasteiger partial charge in [-0.15, -0.1) is 24.0 Å². The number of rotatable bonds is 2. The van der Waals surface area contributed by atoms with Gasteiger partial charge in [-0.2, -0.15) is 0 Å². The molecule has 1 nitrogen and oxygen atoms in total. The molecule has 0 spiro atoms. The van der Waals surface area contributed by atoms with E-state index in [4.69, 9.17) is 0 Å². The van der Waals surface area contributed by atoms with Gasteiger partial charge >= 0.3 is 0 Å². The lowest BCUT2D eigenvalue weighted by Gasteiger charge is -2.08. The van der Waals surface area contributed by atoms with Gasteiger partial charge < -0.3 is 5.32 Å². The number of hydrogen-bond donors (Lipinski definition) is 1. The predicted molar refractivity (Wildman–Crippen MR) is 55.8 cm³/mol. The Morgan fingerprint density at radius 2 is 1.13 bits per heavy atom. The Bertz CT molecular complexity index is 340. The number of benzene rings is 1. The molecule has 0 radical (unpaired) electrons. The van der Waals surface area contributed by atoms with Gasteiger partial charge in [-0.25, -0.2) is 22.0 Å². The molecule has 0 heterocycles. The van der Waals surface area contributed by atoms with Crippen molar-refractivity contribution in [1.82, 2.24) is 0 Å². The maximum atomic E-state index is 12.8. The van der Waals surface area contributed by atoms with Crippen LogP contribution < -0.4 is 5.32 Å². The molecule has 0 bridgehead atoms. The number of anilines is 1. The predicted octanol–water partition coefficient (Wildman–Crippen LogP) is 3.43. The Balaban J connectivity index is 0.00000196. The van der Waals surface area contributed by atoms with Crippen molar-refractivity contribution in [2.45, 2.75) is 6.92 Å². The van der Waals surface area contributed by atoms with Crippen LogP contribution in [0.1, 0.15) is 6.92 Å². The topological polar surface area (TPSA) is 12.0 Å². The van der Waals surface area contributed by atoms with Crippen molar-refractivity contribution in [1.29, 1.82) is 0 Å². The van der Waals surface area contributed by atoms with Crippen molar-refractivity contribution in [2.24, 2.45) is 0 Å². The molecule has 86 valence electrons. The highest BCUT2D eigenvalue weighted by Crippen LogP contribution is 2.26. The Kier molecular flexibility index (Phi) is 5.26. The van der Waals surface area contributed by atoms with Crippen molar-refractivity contribution < 1.29 is 22.0 Å². The summed E-state index contributed by atoms with van der Waals surface area (Å²) >= 11 is 0. The molecule has 0 aliphatic carbocycles. The van der Waals surface area contributed by atoms with Crippen LogP contribution >= 0.6 is 24.0 Å². The molecule has 1 aromatic rings. The minimum atomic E-state index is -2.15. The van der Waals surface area contributed by atoms with Gasteiger partial charge in [0, 0.05) is 6.54 Å². The van der Waals surface area contributed by atoms with Gasteiger partial charge in [0.2, 0.25) is 5.82 Å². The van der Waals surface area contributed by atoms with E-state index in [1.54, 1.807) is 0 Å². The second kappa shape index (κ2) is 5.47. The van der Waals surface area contributed by atoms with Crippen LogP contribution in [-0.2, 0) is 0 Å². The van der Waals surface area contributed by atoms with Crippen LogP contribution in [-0.4, -0.2) is 6.54 Å². The number of hydrogen-bond acceptors (Lipinski definition) is 1. The Morgan fingerprint density at radius 3 is 1.47 bits per heavy atom. The summed E-state index contributed by atoms with van der Waals surface area (Å²) in [4.78, 5) is 0. The van der Waals surface area contributed by atoms with E-state index in [0.29, 0.717) is 0 Å². The first kappa shape index (κ1) is 14.4. The first-order valence-corrected chi connectivity index (χ1v) is 3.76. The zero-order chi connectivity index (χ0) is 10.9. The molecule has 1 aromatic carbocycles. The highest BCUT2D eigenvalue weighted by molar-refractivity contribution is 14.0. The van der Waals surface area contributed by atoms with Crippen LogP contribution in [0.5, 0.6) is 0 Å². The summed E-state index contributed by atoms with van der Waals surface area (Å²) in [7, 11) is 0. The third kappa shape index (κ3) is 2.50. The lowest BCUT2D eigenvalue weighted by atomic mass is 10.2. The van der Waals surface area contributed by atoms with E-state index in [0.717, 1.165) is 0 Å². The number of nitrogens with one attached hydrogen (secondary N) is 1. The van der Waals surface area contributed by atoms with Crippen LogP contribution in [0.3, 0.4) is 0 Å². The molecule has 15 heavy (non-hydrogen) atoms. The number of halogens is 6. The quantitative estimate of drug-likeness (QED) is 0.377. The SMILES string of the molecule is CCNc1c(F)c(F)c(F)c(F)c1F.I. The molecular formula is C8H7F5IN.